The van der Waals surface area contributed by atoms with Gasteiger partial charge in [0, 0.05) is 43.0 Å². The maximum atomic E-state index is 6.07. The Labute approximate surface area is 190 Å². The van der Waals surface area contributed by atoms with E-state index in [0.717, 1.165) is 50.4 Å². The number of aliphatic imine (C=N–C) groups is 1. The van der Waals surface area contributed by atoms with Gasteiger partial charge >= 0.3 is 0 Å². The number of nitrogens with zero attached hydrogens (tertiary/aromatic N) is 2. The van der Waals surface area contributed by atoms with Gasteiger partial charge < -0.3 is 15.4 Å². The molecule has 1 unspecified atom stereocenters. The van der Waals surface area contributed by atoms with E-state index in [1.54, 1.807) is 0 Å². The lowest BCUT2D eigenvalue weighted by molar-refractivity contribution is 0.0170. The van der Waals surface area contributed by atoms with Crippen LogP contribution in [-0.2, 0) is 4.74 Å². The highest BCUT2D eigenvalue weighted by Crippen LogP contribution is 2.23. The van der Waals surface area contributed by atoms with Crippen molar-refractivity contribution < 1.29 is 4.74 Å². The highest BCUT2D eigenvalue weighted by molar-refractivity contribution is 14.0. The second kappa shape index (κ2) is 12.4. The van der Waals surface area contributed by atoms with E-state index in [9.17, 15) is 0 Å². The van der Waals surface area contributed by atoms with Crippen molar-refractivity contribution in [1.82, 2.24) is 15.5 Å². The van der Waals surface area contributed by atoms with Crippen LogP contribution in [-0.4, -0.2) is 68.3 Å². The molecule has 1 saturated heterocycles. The Morgan fingerprint density at radius 3 is 2.44 bits per heavy atom. The predicted octanol–water partition coefficient (Wildman–Crippen LogP) is 3.64. The van der Waals surface area contributed by atoms with Gasteiger partial charge in [-0.25, -0.2) is 0 Å². The zero-order valence-electron chi connectivity index (χ0n) is 16.6. The van der Waals surface area contributed by atoms with Crippen LogP contribution in [0.25, 0.3) is 0 Å². The summed E-state index contributed by atoms with van der Waals surface area (Å²) in [6, 6.07) is 8.38. The Hall–Kier alpha value is -0.220. The van der Waals surface area contributed by atoms with Crippen LogP contribution >= 0.6 is 47.3 Å². The van der Waals surface area contributed by atoms with Gasteiger partial charge in [0.1, 0.15) is 0 Å². The quantitative estimate of drug-likeness (QED) is 0.323. The summed E-state index contributed by atoms with van der Waals surface area (Å²) in [5.41, 5.74) is 1.25. The number of benzene rings is 1. The third kappa shape index (κ3) is 8.35. The van der Waals surface area contributed by atoms with Crippen molar-refractivity contribution >= 4 is 53.3 Å². The average molecular weight is 527 g/mol. The van der Waals surface area contributed by atoms with Crippen LogP contribution in [0.15, 0.2) is 29.3 Å². The molecule has 1 heterocycles. The topological polar surface area (TPSA) is 48.9 Å². The minimum atomic E-state index is 0. The van der Waals surface area contributed by atoms with Crippen molar-refractivity contribution in [1.29, 1.82) is 0 Å². The number of hydrogen-bond donors (Lipinski definition) is 2. The highest BCUT2D eigenvalue weighted by atomic mass is 127. The molecule has 0 aliphatic carbocycles. The molecule has 0 amide bonds. The van der Waals surface area contributed by atoms with E-state index in [4.69, 9.17) is 16.3 Å². The molecule has 1 aliphatic rings. The molecule has 0 saturated carbocycles. The molecular weight excluding hydrogens is 495 g/mol. The van der Waals surface area contributed by atoms with Crippen molar-refractivity contribution in [2.24, 2.45) is 4.99 Å². The van der Waals surface area contributed by atoms with Crippen LogP contribution in [0, 0.1) is 0 Å². The van der Waals surface area contributed by atoms with Gasteiger partial charge in [0.2, 0.25) is 0 Å². The van der Waals surface area contributed by atoms with E-state index in [-0.39, 0.29) is 34.8 Å². The van der Waals surface area contributed by atoms with Gasteiger partial charge in [-0.2, -0.15) is 11.8 Å². The summed E-state index contributed by atoms with van der Waals surface area (Å²) >= 11 is 7.91. The molecule has 27 heavy (non-hydrogen) atoms. The van der Waals surface area contributed by atoms with Gasteiger partial charge in [0.05, 0.1) is 19.3 Å². The predicted molar refractivity (Wildman–Crippen MR) is 129 cm³/mol. The summed E-state index contributed by atoms with van der Waals surface area (Å²) < 4.78 is 5.68. The largest absolute Gasteiger partial charge is 0.379 e. The van der Waals surface area contributed by atoms with Crippen LogP contribution in [0.2, 0.25) is 5.02 Å². The van der Waals surface area contributed by atoms with E-state index >= 15 is 0 Å². The molecule has 8 heteroatoms. The molecule has 0 aromatic heterocycles. The van der Waals surface area contributed by atoms with E-state index in [1.807, 2.05) is 30.9 Å². The molecule has 2 rings (SSSR count). The molecule has 154 valence electrons. The van der Waals surface area contributed by atoms with Gasteiger partial charge in [-0.1, -0.05) is 23.7 Å². The molecule has 0 spiro atoms. The van der Waals surface area contributed by atoms with Crippen molar-refractivity contribution in [3.63, 3.8) is 0 Å². The Balaban J connectivity index is 0.00000364. The fourth-order valence-corrected chi connectivity index (χ4v) is 3.16. The van der Waals surface area contributed by atoms with Crippen molar-refractivity contribution in [3.05, 3.63) is 34.9 Å². The molecule has 1 fully saturated rings. The molecular formula is C19H32ClIN4OS. The second-order valence-electron chi connectivity index (χ2n) is 6.99. The molecule has 1 atom stereocenters. The monoisotopic (exact) mass is 526 g/mol. The number of nitrogens with one attached hydrogen (secondary N) is 2. The SMILES string of the molecule is CN=C(NCC(c1ccc(Cl)cc1)N1CCOCC1)NCC(C)(C)SC.I. The third-order valence-corrected chi connectivity index (χ3v) is 6.16. The first kappa shape index (κ1) is 24.8. The third-order valence-electron chi connectivity index (χ3n) is 4.66. The highest BCUT2D eigenvalue weighted by Gasteiger charge is 2.23. The Bertz CT molecular complexity index is 580. The van der Waals surface area contributed by atoms with Gasteiger partial charge in [-0.15, -0.1) is 24.0 Å². The van der Waals surface area contributed by atoms with Crippen molar-refractivity contribution in [2.75, 3.05) is 52.7 Å². The first-order chi connectivity index (χ1) is 12.4. The number of ether oxygens (including phenoxy) is 1. The molecule has 1 aromatic carbocycles. The van der Waals surface area contributed by atoms with Crippen LogP contribution < -0.4 is 10.6 Å². The van der Waals surface area contributed by atoms with E-state index in [2.05, 4.69) is 52.8 Å². The zero-order chi connectivity index (χ0) is 19.0. The van der Waals surface area contributed by atoms with E-state index in [1.165, 1.54) is 5.56 Å². The molecule has 2 N–H and O–H groups in total. The van der Waals surface area contributed by atoms with Gasteiger partial charge in [0.15, 0.2) is 5.96 Å². The molecule has 1 aliphatic heterocycles. The minimum Gasteiger partial charge on any atom is -0.379 e. The smallest absolute Gasteiger partial charge is 0.191 e. The normalized spacial score (nSPS) is 17.1. The summed E-state index contributed by atoms with van der Waals surface area (Å²) in [4.78, 5) is 6.83. The Morgan fingerprint density at radius 1 is 1.26 bits per heavy atom. The second-order valence-corrected chi connectivity index (χ2v) is 8.94. The average Bonchev–Trinajstić information content (AvgIpc) is 2.66. The first-order valence-electron chi connectivity index (χ1n) is 9.02. The summed E-state index contributed by atoms with van der Waals surface area (Å²) in [5.74, 6) is 0.833. The van der Waals surface area contributed by atoms with E-state index < -0.39 is 0 Å². The summed E-state index contributed by atoms with van der Waals surface area (Å²) in [6.45, 7) is 9.50. The molecule has 5 nitrogen and oxygen atoms in total. The van der Waals surface area contributed by atoms with Crippen LogP contribution in [0.5, 0.6) is 0 Å². The zero-order valence-corrected chi connectivity index (χ0v) is 20.5. The number of hydrogen-bond acceptors (Lipinski definition) is 4. The lowest BCUT2D eigenvalue weighted by Gasteiger charge is -2.35. The summed E-state index contributed by atoms with van der Waals surface area (Å²) in [5, 5.41) is 7.69. The number of halogens is 2. The van der Waals surface area contributed by atoms with Gasteiger partial charge in [-0.3, -0.25) is 9.89 Å². The fraction of sp³-hybridized carbons (Fsp3) is 0.632. The molecule has 0 bridgehead atoms. The fourth-order valence-electron chi connectivity index (χ4n) is 2.81. The molecule has 0 radical (unpaired) electrons. The summed E-state index contributed by atoms with van der Waals surface area (Å²) in [6.07, 6.45) is 2.13. The maximum absolute atomic E-state index is 6.07. The van der Waals surface area contributed by atoms with Crippen molar-refractivity contribution in [3.8, 4) is 0 Å². The lowest BCUT2D eigenvalue weighted by atomic mass is 10.0. The number of rotatable bonds is 7. The maximum Gasteiger partial charge on any atom is 0.191 e. The standard InChI is InChI=1S/C19H31ClN4OS.HI/c1-19(2,26-4)14-23-18(21-3)22-13-17(24-9-11-25-12-10-24)15-5-7-16(20)8-6-15;/h5-8,17H,9-14H2,1-4H3,(H2,21,22,23);1H. The first-order valence-corrected chi connectivity index (χ1v) is 10.6. The number of guanidine groups is 1. The Kier molecular flexibility index (Phi) is 11.4. The number of morpholine rings is 1. The van der Waals surface area contributed by atoms with Gasteiger partial charge in [0.25, 0.3) is 0 Å². The Morgan fingerprint density at radius 2 is 1.89 bits per heavy atom. The van der Waals surface area contributed by atoms with Crippen molar-refractivity contribution in [2.45, 2.75) is 24.6 Å². The van der Waals surface area contributed by atoms with Crippen LogP contribution in [0.3, 0.4) is 0 Å². The number of thioether (sulfide) groups is 1. The van der Waals surface area contributed by atoms with Crippen LogP contribution in [0.4, 0.5) is 0 Å². The summed E-state index contributed by atoms with van der Waals surface area (Å²) in [7, 11) is 1.81. The van der Waals surface area contributed by atoms with Crippen LogP contribution in [0.1, 0.15) is 25.5 Å². The lowest BCUT2D eigenvalue weighted by Crippen LogP contribution is -2.48. The van der Waals surface area contributed by atoms with Gasteiger partial charge in [-0.05, 0) is 37.8 Å². The molecule has 1 aromatic rings. The minimum absolute atomic E-state index is 0. The van der Waals surface area contributed by atoms with E-state index in [0.29, 0.717) is 0 Å².